The van der Waals surface area contributed by atoms with E-state index in [9.17, 15) is 0 Å². The number of hydrogen-bond acceptors (Lipinski definition) is 8. The topological polar surface area (TPSA) is 86.0 Å². The van der Waals surface area contributed by atoms with E-state index in [4.69, 9.17) is 8.83 Å². The van der Waals surface area contributed by atoms with E-state index in [2.05, 4.69) is 63.0 Å². The number of hydrogen-bond donors (Lipinski definition) is 0. The molecule has 3 aromatic heterocycles. The highest BCUT2D eigenvalue weighted by Crippen LogP contribution is 2.28. The molecule has 4 rings (SSSR count). The lowest BCUT2D eigenvalue weighted by molar-refractivity contribution is 0.272. The number of furan rings is 1. The first-order valence-electron chi connectivity index (χ1n) is 9.78. The maximum Gasteiger partial charge on any atom is 0.283 e. The van der Waals surface area contributed by atoms with Crippen molar-refractivity contribution in [2.45, 2.75) is 36.8 Å². The fourth-order valence-corrected chi connectivity index (χ4v) is 4.07. The first-order chi connectivity index (χ1) is 14.7. The fourth-order valence-electron chi connectivity index (χ4n) is 3.28. The van der Waals surface area contributed by atoms with Gasteiger partial charge in [-0.05, 0) is 38.2 Å². The third-order valence-electron chi connectivity index (χ3n) is 4.76. The Labute approximate surface area is 179 Å². The van der Waals surface area contributed by atoms with Crippen LogP contribution in [-0.2, 0) is 12.3 Å². The van der Waals surface area contributed by atoms with E-state index in [0.29, 0.717) is 29.8 Å². The predicted octanol–water partition coefficient (Wildman–Crippen LogP) is 4.27. The molecule has 0 saturated carbocycles. The van der Waals surface area contributed by atoms with E-state index in [1.54, 1.807) is 18.4 Å². The molecular formula is C21H24N6O2S. The van der Waals surface area contributed by atoms with Gasteiger partial charge in [-0.25, -0.2) is 0 Å². The maximum atomic E-state index is 5.72. The first kappa shape index (κ1) is 20.4. The molecule has 0 aliphatic carbocycles. The normalized spacial score (nSPS) is 12.5. The van der Waals surface area contributed by atoms with Crippen LogP contribution in [0.15, 0.2) is 62.7 Å². The van der Waals surface area contributed by atoms with Crippen LogP contribution in [0.25, 0.3) is 11.7 Å². The van der Waals surface area contributed by atoms with Crippen LogP contribution in [-0.4, -0.2) is 44.0 Å². The molecule has 156 valence electrons. The highest BCUT2D eigenvalue weighted by Gasteiger charge is 2.23. The molecule has 9 heteroatoms. The van der Waals surface area contributed by atoms with Crippen LogP contribution in [0.3, 0.4) is 0 Å². The average Bonchev–Trinajstić information content (AvgIpc) is 3.49. The van der Waals surface area contributed by atoms with Crippen molar-refractivity contribution in [2.75, 3.05) is 14.1 Å². The van der Waals surface area contributed by atoms with Crippen molar-refractivity contribution in [1.29, 1.82) is 0 Å². The zero-order chi connectivity index (χ0) is 20.9. The summed E-state index contributed by atoms with van der Waals surface area (Å²) in [6, 6.07) is 14.1. The Balaban J connectivity index is 1.57. The van der Waals surface area contributed by atoms with Gasteiger partial charge in [0.1, 0.15) is 0 Å². The predicted molar refractivity (Wildman–Crippen MR) is 114 cm³/mol. The van der Waals surface area contributed by atoms with Gasteiger partial charge in [0.05, 0.1) is 24.6 Å². The molecular weight excluding hydrogens is 400 g/mol. The van der Waals surface area contributed by atoms with Gasteiger partial charge in [0.25, 0.3) is 5.89 Å². The number of benzene rings is 1. The van der Waals surface area contributed by atoms with Crippen LogP contribution < -0.4 is 0 Å². The van der Waals surface area contributed by atoms with Gasteiger partial charge in [0.2, 0.25) is 5.89 Å². The lowest BCUT2D eigenvalue weighted by Crippen LogP contribution is -2.23. The van der Waals surface area contributed by atoms with Gasteiger partial charge in [0, 0.05) is 0 Å². The molecule has 0 fully saturated rings. The van der Waals surface area contributed by atoms with E-state index >= 15 is 0 Å². The summed E-state index contributed by atoms with van der Waals surface area (Å²) < 4.78 is 13.2. The molecule has 0 aliphatic rings. The molecule has 1 atom stereocenters. The quantitative estimate of drug-likeness (QED) is 0.368. The summed E-state index contributed by atoms with van der Waals surface area (Å²) in [5, 5.41) is 18.0. The summed E-state index contributed by atoms with van der Waals surface area (Å²) in [5.74, 6) is 2.91. The van der Waals surface area contributed by atoms with Gasteiger partial charge in [-0.2, -0.15) is 0 Å². The van der Waals surface area contributed by atoms with E-state index in [1.807, 2.05) is 18.2 Å². The van der Waals surface area contributed by atoms with Gasteiger partial charge >= 0.3 is 0 Å². The average molecular weight is 425 g/mol. The first-order valence-corrected chi connectivity index (χ1v) is 10.8. The summed E-state index contributed by atoms with van der Waals surface area (Å²) in [6.07, 6.45) is 2.52. The number of thioether (sulfide) groups is 1. The summed E-state index contributed by atoms with van der Waals surface area (Å²) in [4.78, 5) is 2.17. The van der Waals surface area contributed by atoms with E-state index in [-0.39, 0.29) is 6.04 Å². The minimum Gasteiger partial charge on any atom is -0.459 e. The number of rotatable bonds is 9. The van der Waals surface area contributed by atoms with Gasteiger partial charge in [-0.1, -0.05) is 49.0 Å². The molecule has 0 spiro atoms. The van der Waals surface area contributed by atoms with Crippen LogP contribution in [0.5, 0.6) is 0 Å². The molecule has 8 nitrogen and oxygen atoms in total. The largest absolute Gasteiger partial charge is 0.459 e. The summed E-state index contributed by atoms with van der Waals surface area (Å²) in [5.41, 5.74) is 1.20. The van der Waals surface area contributed by atoms with Crippen LogP contribution in [0.2, 0.25) is 0 Å². The van der Waals surface area contributed by atoms with Crippen LogP contribution >= 0.6 is 11.8 Å². The van der Waals surface area contributed by atoms with Crippen molar-refractivity contribution in [1.82, 2.24) is 29.9 Å². The molecule has 1 aromatic carbocycles. The Morgan fingerprint density at radius 1 is 1.03 bits per heavy atom. The van der Waals surface area contributed by atoms with Gasteiger partial charge in [-0.3, -0.25) is 4.90 Å². The molecule has 3 heterocycles. The van der Waals surface area contributed by atoms with E-state index in [1.165, 1.54) is 17.3 Å². The van der Waals surface area contributed by atoms with Crippen LogP contribution in [0.4, 0.5) is 0 Å². The standard InChI is InChI=1S/C21H24N6O2S/c1-4-16(26(2)3)19-23-25-21(27(19)13-15-9-6-5-7-10-15)30-14-18-22-24-20(29-18)17-11-8-12-28-17/h5-12,16H,4,13-14H2,1-3H3/t16-/m0/s1. The Kier molecular flexibility index (Phi) is 6.29. The Hall–Kier alpha value is -2.91. The Morgan fingerprint density at radius 2 is 1.87 bits per heavy atom. The van der Waals surface area contributed by atoms with Crippen molar-refractivity contribution >= 4 is 11.8 Å². The second-order valence-corrected chi connectivity index (χ2v) is 8.01. The van der Waals surface area contributed by atoms with Crippen LogP contribution in [0.1, 0.15) is 36.7 Å². The molecule has 0 aliphatic heterocycles. The zero-order valence-electron chi connectivity index (χ0n) is 17.2. The SMILES string of the molecule is CC[C@@H](c1nnc(SCc2nnc(-c3ccco3)o2)n1Cc1ccccc1)N(C)C. The van der Waals surface area contributed by atoms with Crippen molar-refractivity contribution in [2.24, 2.45) is 0 Å². The maximum absolute atomic E-state index is 5.72. The molecule has 0 radical (unpaired) electrons. The van der Waals surface area contributed by atoms with Gasteiger partial charge in [0.15, 0.2) is 16.7 Å². The lowest BCUT2D eigenvalue weighted by Gasteiger charge is -2.23. The third kappa shape index (κ3) is 4.47. The molecule has 4 aromatic rings. The summed E-state index contributed by atoms with van der Waals surface area (Å²) in [7, 11) is 4.13. The van der Waals surface area contributed by atoms with Crippen molar-refractivity contribution in [3.63, 3.8) is 0 Å². The second kappa shape index (κ2) is 9.27. The summed E-state index contributed by atoms with van der Waals surface area (Å²) >= 11 is 1.53. The molecule has 0 N–H and O–H groups in total. The van der Waals surface area contributed by atoms with E-state index < -0.39 is 0 Å². The minimum absolute atomic E-state index is 0.185. The highest BCUT2D eigenvalue weighted by atomic mass is 32.2. The summed E-state index contributed by atoms with van der Waals surface area (Å²) in [6.45, 7) is 2.87. The fraction of sp³-hybridized carbons (Fsp3) is 0.333. The van der Waals surface area contributed by atoms with Crippen molar-refractivity contribution in [3.05, 3.63) is 66.0 Å². The lowest BCUT2D eigenvalue weighted by atomic mass is 10.2. The molecule has 30 heavy (non-hydrogen) atoms. The molecule has 0 unspecified atom stereocenters. The number of nitrogens with zero attached hydrogens (tertiary/aromatic N) is 6. The monoisotopic (exact) mass is 424 g/mol. The smallest absolute Gasteiger partial charge is 0.283 e. The third-order valence-corrected chi connectivity index (χ3v) is 5.71. The van der Waals surface area contributed by atoms with Crippen LogP contribution in [0, 0.1) is 0 Å². The molecule has 0 saturated heterocycles. The van der Waals surface area contributed by atoms with Crippen molar-refractivity contribution < 1.29 is 8.83 Å². The van der Waals surface area contributed by atoms with Gasteiger partial charge < -0.3 is 13.4 Å². The Bertz CT molecular complexity index is 1060. The zero-order valence-corrected chi connectivity index (χ0v) is 18.0. The van der Waals surface area contributed by atoms with E-state index in [0.717, 1.165) is 17.4 Å². The van der Waals surface area contributed by atoms with Crippen molar-refractivity contribution in [3.8, 4) is 11.7 Å². The molecule has 0 amide bonds. The van der Waals surface area contributed by atoms with Gasteiger partial charge in [-0.15, -0.1) is 20.4 Å². The number of aromatic nitrogens is 5. The Morgan fingerprint density at radius 3 is 2.57 bits per heavy atom. The second-order valence-electron chi connectivity index (χ2n) is 7.07. The highest BCUT2D eigenvalue weighted by molar-refractivity contribution is 7.98. The minimum atomic E-state index is 0.185. The molecule has 0 bridgehead atoms.